The van der Waals surface area contributed by atoms with Gasteiger partial charge >= 0.3 is 0 Å². The fourth-order valence-corrected chi connectivity index (χ4v) is 1.00. The van der Waals surface area contributed by atoms with E-state index in [1.165, 1.54) is 0 Å². The van der Waals surface area contributed by atoms with Crippen molar-refractivity contribution >= 4 is 6.29 Å². The average Bonchev–Trinajstić information content (AvgIpc) is 2.32. The quantitative estimate of drug-likeness (QED) is 0.396. The van der Waals surface area contributed by atoms with E-state index in [0.717, 1.165) is 0 Å². The van der Waals surface area contributed by atoms with Crippen LogP contribution in [-0.4, -0.2) is 52.6 Å². The van der Waals surface area contributed by atoms with Gasteiger partial charge in [0.2, 0.25) is 0 Å². The summed E-state index contributed by atoms with van der Waals surface area (Å²) in [4.78, 5) is 10.0. The average molecular weight is 162 g/mol. The summed E-state index contributed by atoms with van der Waals surface area (Å²) in [7, 11) is 0. The summed E-state index contributed by atoms with van der Waals surface area (Å²) in [6, 6.07) is 0. The van der Waals surface area contributed by atoms with E-state index >= 15 is 0 Å². The van der Waals surface area contributed by atoms with Crippen LogP contribution in [0.25, 0.3) is 0 Å². The standard InChI is InChI=1S/C6H10O5/c7-1-3(8)6-5(10)4(9)2-11-6/h1,3-6,8-10H,2H2/t3-,4+,5-,6+/m1/s1. The van der Waals surface area contributed by atoms with E-state index in [-0.39, 0.29) is 12.9 Å². The van der Waals surface area contributed by atoms with Crippen molar-refractivity contribution in [2.45, 2.75) is 24.4 Å². The monoisotopic (exact) mass is 162 g/mol. The minimum Gasteiger partial charge on any atom is -0.388 e. The maximum Gasteiger partial charge on any atom is 0.151 e. The molecule has 1 rings (SSSR count). The molecule has 1 aliphatic heterocycles. The summed E-state index contributed by atoms with van der Waals surface area (Å²) in [6.45, 7) is -0.0449. The fourth-order valence-electron chi connectivity index (χ4n) is 1.00. The first kappa shape index (κ1) is 8.61. The lowest BCUT2D eigenvalue weighted by atomic mass is 10.1. The van der Waals surface area contributed by atoms with Crippen LogP contribution in [0.3, 0.4) is 0 Å². The highest BCUT2D eigenvalue weighted by molar-refractivity contribution is 5.57. The zero-order valence-electron chi connectivity index (χ0n) is 5.75. The molecule has 1 aliphatic rings. The van der Waals surface area contributed by atoms with Gasteiger partial charge in [0.25, 0.3) is 0 Å². The summed E-state index contributed by atoms with van der Waals surface area (Å²) in [5.74, 6) is 0. The number of carbonyl (C=O) groups is 1. The number of ether oxygens (including phenoxy) is 1. The molecule has 0 saturated carbocycles. The second kappa shape index (κ2) is 3.27. The molecule has 0 aromatic carbocycles. The normalized spacial score (nSPS) is 40.5. The maximum absolute atomic E-state index is 10.0. The Balaban J connectivity index is 2.54. The van der Waals surface area contributed by atoms with Gasteiger partial charge in [-0.05, 0) is 0 Å². The second-order valence-electron chi connectivity index (χ2n) is 2.48. The molecular formula is C6H10O5. The number of rotatable bonds is 2. The van der Waals surface area contributed by atoms with Crippen molar-refractivity contribution in [1.82, 2.24) is 0 Å². The molecule has 0 aromatic rings. The maximum atomic E-state index is 10.0. The topological polar surface area (TPSA) is 87.0 Å². The van der Waals surface area contributed by atoms with Gasteiger partial charge in [0.15, 0.2) is 6.29 Å². The van der Waals surface area contributed by atoms with Crippen molar-refractivity contribution in [3.63, 3.8) is 0 Å². The van der Waals surface area contributed by atoms with Gasteiger partial charge in [-0.15, -0.1) is 0 Å². The lowest BCUT2D eigenvalue weighted by molar-refractivity contribution is -0.124. The van der Waals surface area contributed by atoms with Gasteiger partial charge in [-0.1, -0.05) is 0 Å². The lowest BCUT2D eigenvalue weighted by Crippen LogP contribution is -2.39. The molecule has 1 fully saturated rings. The molecule has 0 radical (unpaired) electrons. The highest BCUT2D eigenvalue weighted by atomic mass is 16.5. The molecule has 0 aliphatic carbocycles. The van der Waals surface area contributed by atoms with Gasteiger partial charge in [0.1, 0.15) is 24.4 Å². The highest BCUT2D eigenvalue weighted by Gasteiger charge is 2.38. The molecule has 0 bridgehead atoms. The van der Waals surface area contributed by atoms with Crippen LogP contribution in [0, 0.1) is 0 Å². The number of carbonyl (C=O) groups excluding carboxylic acids is 1. The molecule has 3 N–H and O–H groups in total. The van der Waals surface area contributed by atoms with Crippen molar-refractivity contribution in [3.8, 4) is 0 Å². The summed E-state index contributed by atoms with van der Waals surface area (Å²) < 4.78 is 4.75. The summed E-state index contributed by atoms with van der Waals surface area (Å²) in [5.41, 5.74) is 0. The number of aliphatic hydroxyl groups is 3. The van der Waals surface area contributed by atoms with Gasteiger partial charge in [-0.25, -0.2) is 0 Å². The molecule has 5 nitrogen and oxygen atoms in total. The first-order valence-electron chi connectivity index (χ1n) is 3.28. The number of hydrogen-bond acceptors (Lipinski definition) is 5. The Labute approximate surface area is 63.2 Å². The van der Waals surface area contributed by atoms with Gasteiger partial charge in [0, 0.05) is 0 Å². The van der Waals surface area contributed by atoms with Crippen LogP contribution in [0.1, 0.15) is 0 Å². The molecule has 0 spiro atoms. The molecular weight excluding hydrogens is 152 g/mol. The van der Waals surface area contributed by atoms with Gasteiger partial charge < -0.3 is 24.9 Å². The molecule has 1 saturated heterocycles. The minimum atomic E-state index is -1.36. The zero-order chi connectivity index (χ0) is 8.43. The first-order chi connectivity index (χ1) is 5.16. The van der Waals surface area contributed by atoms with Gasteiger partial charge in [0.05, 0.1) is 6.61 Å². The molecule has 0 unspecified atom stereocenters. The van der Waals surface area contributed by atoms with E-state index in [9.17, 15) is 4.79 Å². The minimum absolute atomic E-state index is 0.0449. The van der Waals surface area contributed by atoms with Crippen molar-refractivity contribution < 1.29 is 24.9 Å². The van der Waals surface area contributed by atoms with Crippen LogP contribution in [0.15, 0.2) is 0 Å². The van der Waals surface area contributed by atoms with Crippen molar-refractivity contribution in [2.24, 2.45) is 0 Å². The Kier molecular flexibility index (Phi) is 2.56. The van der Waals surface area contributed by atoms with Crippen LogP contribution in [0.4, 0.5) is 0 Å². The third kappa shape index (κ3) is 1.57. The summed E-state index contributed by atoms with van der Waals surface area (Å²) in [6.07, 6.45) is -4.25. The van der Waals surface area contributed by atoms with Crippen LogP contribution in [0.2, 0.25) is 0 Å². The lowest BCUT2D eigenvalue weighted by Gasteiger charge is -2.15. The first-order valence-corrected chi connectivity index (χ1v) is 3.28. The van der Waals surface area contributed by atoms with E-state index in [1.54, 1.807) is 0 Å². The Bertz CT molecular complexity index is 148. The van der Waals surface area contributed by atoms with E-state index in [4.69, 9.17) is 20.1 Å². The summed E-state index contributed by atoms with van der Waals surface area (Å²) >= 11 is 0. The van der Waals surface area contributed by atoms with E-state index in [2.05, 4.69) is 0 Å². The van der Waals surface area contributed by atoms with Crippen molar-refractivity contribution in [2.75, 3.05) is 6.61 Å². The van der Waals surface area contributed by atoms with Crippen LogP contribution >= 0.6 is 0 Å². The number of aldehydes is 1. The van der Waals surface area contributed by atoms with Crippen LogP contribution in [0.5, 0.6) is 0 Å². The molecule has 0 aromatic heterocycles. The SMILES string of the molecule is O=C[C@@H](O)[C@@H]1OC[C@H](O)[C@H]1O. The third-order valence-electron chi connectivity index (χ3n) is 1.67. The fraction of sp³-hybridized carbons (Fsp3) is 0.833. The van der Waals surface area contributed by atoms with Crippen molar-refractivity contribution in [1.29, 1.82) is 0 Å². The Morgan fingerprint density at radius 2 is 2.18 bits per heavy atom. The van der Waals surface area contributed by atoms with Crippen LogP contribution < -0.4 is 0 Å². The van der Waals surface area contributed by atoms with E-state index in [1.807, 2.05) is 0 Å². The Morgan fingerprint density at radius 3 is 2.55 bits per heavy atom. The van der Waals surface area contributed by atoms with Crippen molar-refractivity contribution in [3.05, 3.63) is 0 Å². The molecule has 4 atom stereocenters. The largest absolute Gasteiger partial charge is 0.388 e. The second-order valence-corrected chi connectivity index (χ2v) is 2.48. The molecule has 5 heteroatoms. The predicted octanol–water partition coefficient (Wildman–Crippen LogP) is -2.33. The number of hydrogen-bond donors (Lipinski definition) is 3. The zero-order valence-corrected chi connectivity index (χ0v) is 5.75. The molecule has 64 valence electrons. The van der Waals surface area contributed by atoms with Gasteiger partial charge in [-0.2, -0.15) is 0 Å². The Morgan fingerprint density at radius 1 is 1.55 bits per heavy atom. The smallest absolute Gasteiger partial charge is 0.151 e. The molecule has 0 amide bonds. The highest BCUT2D eigenvalue weighted by Crippen LogP contribution is 2.16. The Hall–Kier alpha value is -0.490. The number of aliphatic hydroxyl groups excluding tert-OH is 3. The molecule has 11 heavy (non-hydrogen) atoms. The summed E-state index contributed by atoms with van der Waals surface area (Å²) in [5, 5.41) is 26.9. The van der Waals surface area contributed by atoms with E-state index < -0.39 is 24.4 Å². The van der Waals surface area contributed by atoms with E-state index in [0.29, 0.717) is 0 Å². The van der Waals surface area contributed by atoms with Crippen LogP contribution in [-0.2, 0) is 9.53 Å². The predicted molar refractivity (Wildman–Crippen MR) is 33.8 cm³/mol. The van der Waals surface area contributed by atoms with Gasteiger partial charge in [-0.3, -0.25) is 0 Å². The molecule has 1 heterocycles. The third-order valence-corrected chi connectivity index (χ3v) is 1.67.